The first kappa shape index (κ1) is 31.2. The number of ether oxygens (including phenoxy) is 1. The summed E-state index contributed by atoms with van der Waals surface area (Å²) in [6.45, 7) is 1.30. The summed E-state index contributed by atoms with van der Waals surface area (Å²) in [6.07, 6.45) is 1.12. The van der Waals surface area contributed by atoms with Crippen molar-refractivity contribution >= 4 is 79.9 Å². The van der Waals surface area contributed by atoms with Crippen LogP contribution < -0.4 is 19.6 Å². The van der Waals surface area contributed by atoms with Crippen molar-refractivity contribution in [2.45, 2.75) is 11.8 Å². The second kappa shape index (κ2) is 12.9. The van der Waals surface area contributed by atoms with Crippen molar-refractivity contribution in [2.75, 3.05) is 17.7 Å². The largest absolute Gasteiger partial charge is 0.493 e. The molecule has 212 valence electrons. The third-order valence-electron chi connectivity index (χ3n) is 5.06. The number of halogens is 3. The number of non-ortho nitro benzene ring substituents is 1. The molecular weight excluding hydrogens is 623 g/mol. The molecule has 2 N–H and O–H groups in total. The highest BCUT2D eigenvalue weighted by Crippen LogP contribution is 2.39. The third kappa shape index (κ3) is 7.65. The molecule has 0 heterocycles. The van der Waals surface area contributed by atoms with Crippen molar-refractivity contribution in [1.82, 2.24) is 0 Å². The summed E-state index contributed by atoms with van der Waals surface area (Å²) in [7, 11) is -3.18. The van der Waals surface area contributed by atoms with Gasteiger partial charge in [0, 0.05) is 24.7 Å². The fourth-order valence-corrected chi connectivity index (χ4v) is 5.08. The SMILES string of the molecule is COc1cc(/C=C(\C#N)C(=O)Nc2c(Cl)cc([N+](=O)[O-])cc2Cl)cc(Cl)c1OS(=O)(=O)c1ccc(NC(C)=O)cc1. The van der Waals surface area contributed by atoms with Gasteiger partial charge in [-0.1, -0.05) is 34.8 Å². The highest BCUT2D eigenvalue weighted by molar-refractivity contribution is 7.87. The van der Waals surface area contributed by atoms with Gasteiger partial charge in [-0.3, -0.25) is 19.7 Å². The molecule has 16 heteroatoms. The van der Waals surface area contributed by atoms with E-state index in [2.05, 4.69) is 10.6 Å². The highest BCUT2D eigenvalue weighted by atomic mass is 35.5. The van der Waals surface area contributed by atoms with Crippen molar-refractivity contribution in [3.63, 3.8) is 0 Å². The zero-order chi connectivity index (χ0) is 30.5. The van der Waals surface area contributed by atoms with E-state index in [1.165, 1.54) is 50.4 Å². The predicted molar refractivity (Wildman–Crippen MR) is 152 cm³/mol. The molecule has 41 heavy (non-hydrogen) atoms. The van der Waals surface area contributed by atoms with Gasteiger partial charge in [-0.2, -0.15) is 13.7 Å². The lowest BCUT2D eigenvalue weighted by Gasteiger charge is -2.14. The van der Waals surface area contributed by atoms with Crippen molar-refractivity contribution in [1.29, 1.82) is 5.26 Å². The van der Waals surface area contributed by atoms with Crippen molar-refractivity contribution in [2.24, 2.45) is 0 Å². The van der Waals surface area contributed by atoms with Crippen LogP contribution in [-0.4, -0.2) is 32.3 Å². The lowest BCUT2D eigenvalue weighted by atomic mass is 10.1. The summed E-state index contributed by atoms with van der Waals surface area (Å²) in [5, 5.41) is 24.7. The number of carbonyl (C=O) groups is 2. The van der Waals surface area contributed by atoms with E-state index in [9.17, 15) is 33.4 Å². The van der Waals surface area contributed by atoms with Crippen LogP contribution in [0.1, 0.15) is 12.5 Å². The smallest absolute Gasteiger partial charge is 0.339 e. The average Bonchev–Trinajstić information content (AvgIpc) is 2.90. The van der Waals surface area contributed by atoms with E-state index in [1.54, 1.807) is 6.07 Å². The minimum atomic E-state index is -4.40. The fraction of sp³-hybridized carbons (Fsp3) is 0.0800. The number of methoxy groups -OCH3 is 1. The molecule has 12 nitrogen and oxygen atoms in total. The van der Waals surface area contributed by atoms with Crippen LogP contribution >= 0.6 is 34.8 Å². The van der Waals surface area contributed by atoms with E-state index in [0.717, 1.165) is 18.2 Å². The van der Waals surface area contributed by atoms with Crippen molar-refractivity contribution in [3.05, 3.63) is 84.8 Å². The maximum atomic E-state index is 12.9. The van der Waals surface area contributed by atoms with Crippen LogP contribution in [0.5, 0.6) is 11.5 Å². The van der Waals surface area contributed by atoms with Gasteiger partial charge in [0.25, 0.3) is 11.6 Å². The van der Waals surface area contributed by atoms with Gasteiger partial charge in [-0.25, -0.2) is 0 Å². The highest BCUT2D eigenvalue weighted by Gasteiger charge is 2.23. The quantitative estimate of drug-likeness (QED) is 0.0957. The Morgan fingerprint density at radius 1 is 1.02 bits per heavy atom. The van der Waals surface area contributed by atoms with Crippen LogP contribution in [0.15, 0.2) is 59.0 Å². The lowest BCUT2D eigenvalue weighted by molar-refractivity contribution is -0.384. The van der Waals surface area contributed by atoms with Gasteiger partial charge in [-0.05, 0) is 48.0 Å². The molecule has 2 amide bonds. The zero-order valence-corrected chi connectivity index (χ0v) is 24.0. The second-order valence-corrected chi connectivity index (χ2v) is 10.7. The monoisotopic (exact) mass is 638 g/mol. The van der Waals surface area contributed by atoms with Gasteiger partial charge in [0.15, 0.2) is 5.75 Å². The molecule has 0 saturated heterocycles. The Morgan fingerprint density at radius 3 is 2.15 bits per heavy atom. The second-order valence-electron chi connectivity index (χ2n) is 7.94. The molecule has 0 atom stereocenters. The number of hydrogen-bond donors (Lipinski definition) is 2. The van der Waals surface area contributed by atoms with Crippen LogP contribution in [-0.2, 0) is 19.7 Å². The first-order chi connectivity index (χ1) is 19.2. The maximum absolute atomic E-state index is 12.9. The molecule has 0 bridgehead atoms. The predicted octanol–water partition coefficient (Wildman–Crippen LogP) is 5.84. The van der Waals surface area contributed by atoms with E-state index in [4.69, 9.17) is 43.7 Å². The lowest BCUT2D eigenvalue weighted by Crippen LogP contribution is -2.14. The summed E-state index contributed by atoms with van der Waals surface area (Å²) in [5.74, 6) is -1.78. The molecule has 3 aromatic rings. The molecule has 0 radical (unpaired) electrons. The van der Waals surface area contributed by atoms with Crippen LogP contribution in [0, 0.1) is 21.4 Å². The van der Waals surface area contributed by atoms with Gasteiger partial charge in [0.05, 0.1) is 32.8 Å². The van der Waals surface area contributed by atoms with Crippen LogP contribution in [0.2, 0.25) is 15.1 Å². The summed E-state index contributed by atoms with van der Waals surface area (Å²) in [4.78, 5) is 34.0. The van der Waals surface area contributed by atoms with Crippen molar-refractivity contribution in [3.8, 4) is 17.6 Å². The topological polar surface area (TPSA) is 178 Å². The number of nitro benzene ring substituents is 1. The van der Waals surface area contributed by atoms with Gasteiger partial charge in [0.2, 0.25) is 11.7 Å². The van der Waals surface area contributed by atoms with E-state index in [-0.39, 0.29) is 48.6 Å². The summed E-state index contributed by atoms with van der Waals surface area (Å²) in [6, 6.07) is 11.3. The number of nitrogens with zero attached hydrogens (tertiary/aromatic N) is 2. The van der Waals surface area contributed by atoms with Gasteiger partial charge in [0.1, 0.15) is 16.5 Å². The number of benzene rings is 3. The number of carbonyl (C=O) groups excluding carboxylic acids is 2. The van der Waals surface area contributed by atoms with Crippen LogP contribution in [0.3, 0.4) is 0 Å². The number of amides is 2. The number of hydrogen-bond acceptors (Lipinski definition) is 9. The average molecular weight is 640 g/mol. The Labute approximate surface area is 248 Å². The van der Waals surface area contributed by atoms with E-state index >= 15 is 0 Å². The molecule has 0 fully saturated rings. The first-order valence-corrected chi connectivity index (χ1v) is 13.6. The Hall–Kier alpha value is -4.35. The molecule has 0 spiro atoms. The Balaban J connectivity index is 1.90. The molecule has 3 rings (SSSR count). The molecule has 0 aliphatic heterocycles. The molecular formula is C25H17Cl3N4O8S. The van der Waals surface area contributed by atoms with Crippen LogP contribution in [0.25, 0.3) is 6.08 Å². The van der Waals surface area contributed by atoms with Gasteiger partial charge >= 0.3 is 10.1 Å². The normalized spacial score (nSPS) is 11.3. The number of anilines is 2. The summed E-state index contributed by atoms with van der Waals surface area (Å²) >= 11 is 18.3. The number of nitro groups is 1. The number of rotatable bonds is 9. The fourth-order valence-electron chi connectivity index (χ4n) is 3.25. The Bertz CT molecular complexity index is 1710. The van der Waals surface area contributed by atoms with Crippen molar-refractivity contribution < 1.29 is 31.9 Å². The zero-order valence-electron chi connectivity index (χ0n) is 20.9. The van der Waals surface area contributed by atoms with Gasteiger partial charge in [-0.15, -0.1) is 0 Å². The van der Waals surface area contributed by atoms with E-state index < -0.39 is 32.2 Å². The Morgan fingerprint density at radius 2 is 1.63 bits per heavy atom. The molecule has 0 saturated carbocycles. The van der Waals surface area contributed by atoms with E-state index in [0.29, 0.717) is 5.69 Å². The number of nitriles is 1. The van der Waals surface area contributed by atoms with E-state index in [1.807, 2.05) is 0 Å². The minimum Gasteiger partial charge on any atom is -0.493 e. The van der Waals surface area contributed by atoms with Crippen LogP contribution in [0.4, 0.5) is 17.1 Å². The minimum absolute atomic E-state index is 0.138. The first-order valence-electron chi connectivity index (χ1n) is 11.0. The molecule has 0 aliphatic rings. The number of nitrogens with one attached hydrogen (secondary N) is 2. The molecule has 3 aromatic carbocycles. The molecule has 0 unspecified atom stereocenters. The summed E-state index contributed by atoms with van der Waals surface area (Å²) in [5.41, 5.74) is -0.474. The molecule has 0 aromatic heterocycles. The Kier molecular flexibility index (Phi) is 9.79. The molecule has 0 aliphatic carbocycles. The third-order valence-corrected chi connectivity index (χ3v) is 7.17. The van der Waals surface area contributed by atoms with Gasteiger partial charge < -0.3 is 19.6 Å². The summed E-state index contributed by atoms with van der Waals surface area (Å²) < 4.78 is 36.1. The standard InChI is InChI=1S/C25H17Cl3N4O8S/c1-13(33)30-16-3-5-18(6-4-16)41(37,38)40-24-21(28)8-14(9-22(24)39-2)7-15(12-29)25(34)31-23-19(26)10-17(32(35)36)11-20(23)27/h3-11H,1-2H3,(H,30,33)(H,31,34)/b15-7+. The maximum Gasteiger partial charge on any atom is 0.339 e.